The Morgan fingerprint density at radius 3 is 2.21 bits per heavy atom. The predicted octanol–water partition coefficient (Wildman–Crippen LogP) is 5.34. The van der Waals surface area contributed by atoms with Crippen molar-refractivity contribution in [2.45, 2.75) is 72.1 Å². The van der Waals surface area contributed by atoms with E-state index in [0.29, 0.717) is 0 Å². The largest absolute Gasteiger partial charge is 0.0885 e. The first-order valence-corrected chi connectivity index (χ1v) is 6.50. The Bertz CT molecular complexity index is 124. The van der Waals surface area contributed by atoms with Crippen LogP contribution >= 0.6 is 0 Å². The number of unbranched alkanes of at least 4 members (excludes halogenated alkanes) is 3. The van der Waals surface area contributed by atoms with Crippen molar-refractivity contribution in [3.05, 3.63) is 12.2 Å². The minimum absolute atomic E-state index is 0.938. The van der Waals surface area contributed by atoms with Gasteiger partial charge in [-0.15, -0.1) is 0 Å². The second-order valence-corrected chi connectivity index (χ2v) is 4.27. The van der Waals surface area contributed by atoms with E-state index in [9.17, 15) is 0 Å². The third-order valence-corrected chi connectivity index (χ3v) is 2.90. The third-order valence-electron chi connectivity index (χ3n) is 2.90. The van der Waals surface area contributed by atoms with E-state index in [1.807, 2.05) is 0 Å². The highest BCUT2D eigenvalue weighted by Crippen LogP contribution is 2.17. The highest BCUT2D eigenvalue weighted by atomic mass is 14.1. The SMILES string of the molecule is CCCCC=CCC(CC)CCCC. The van der Waals surface area contributed by atoms with Crippen molar-refractivity contribution in [2.75, 3.05) is 0 Å². The molecule has 0 fully saturated rings. The number of allylic oxidation sites excluding steroid dienone is 2. The van der Waals surface area contributed by atoms with E-state index in [0.717, 1.165) is 5.92 Å². The van der Waals surface area contributed by atoms with Crippen LogP contribution in [-0.2, 0) is 0 Å². The molecule has 0 aliphatic rings. The molecule has 0 aromatic rings. The molecule has 0 rings (SSSR count). The second kappa shape index (κ2) is 10.8. The zero-order valence-electron chi connectivity index (χ0n) is 10.4. The first-order valence-electron chi connectivity index (χ1n) is 6.50. The molecule has 0 saturated heterocycles. The van der Waals surface area contributed by atoms with Gasteiger partial charge in [0.2, 0.25) is 0 Å². The Labute approximate surface area is 90.8 Å². The number of hydrogen-bond acceptors (Lipinski definition) is 0. The minimum Gasteiger partial charge on any atom is -0.0885 e. The average molecular weight is 196 g/mol. The summed E-state index contributed by atoms with van der Waals surface area (Å²) >= 11 is 0. The van der Waals surface area contributed by atoms with Gasteiger partial charge >= 0.3 is 0 Å². The maximum atomic E-state index is 2.40. The topological polar surface area (TPSA) is 0 Å². The highest BCUT2D eigenvalue weighted by molar-refractivity contribution is 4.83. The molecule has 84 valence electrons. The fourth-order valence-electron chi connectivity index (χ4n) is 1.71. The molecule has 0 radical (unpaired) electrons. The Hall–Kier alpha value is -0.260. The van der Waals surface area contributed by atoms with E-state index in [1.54, 1.807) is 0 Å². The van der Waals surface area contributed by atoms with Crippen molar-refractivity contribution in [3.8, 4) is 0 Å². The fraction of sp³-hybridized carbons (Fsp3) is 0.857. The zero-order chi connectivity index (χ0) is 10.6. The van der Waals surface area contributed by atoms with Gasteiger partial charge in [-0.3, -0.25) is 0 Å². The molecule has 0 aromatic carbocycles. The Kier molecular flexibility index (Phi) is 10.6. The molecule has 0 amide bonds. The molecule has 0 aromatic heterocycles. The summed E-state index contributed by atoms with van der Waals surface area (Å²) in [5.74, 6) is 0.938. The fourth-order valence-corrected chi connectivity index (χ4v) is 1.71. The van der Waals surface area contributed by atoms with Gasteiger partial charge in [0, 0.05) is 0 Å². The molecular weight excluding hydrogens is 168 g/mol. The van der Waals surface area contributed by atoms with E-state index >= 15 is 0 Å². The van der Waals surface area contributed by atoms with E-state index in [1.165, 1.54) is 51.4 Å². The van der Waals surface area contributed by atoms with Crippen LogP contribution in [0.5, 0.6) is 0 Å². The van der Waals surface area contributed by atoms with Crippen LogP contribution in [0.25, 0.3) is 0 Å². The summed E-state index contributed by atoms with van der Waals surface area (Å²) in [4.78, 5) is 0. The predicted molar refractivity (Wildman–Crippen MR) is 66.6 cm³/mol. The number of rotatable bonds is 9. The van der Waals surface area contributed by atoms with Gasteiger partial charge in [0.25, 0.3) is 0 Å². The van der Waals surface area contributed by atoms with Crippen molar-refractivity contribution in [3.63, 3.8) is 0 Å². The smallest absolute Gasteiger partial charge is 0.0322 e. The summed E-state index contributed by atoms with van der Waals surface area (Å²) in [5.41, 5.74) is 0. The highest BCUT2D eigenvalue weighted by Gasteiger charge is 2.02. The summed E-state index contributed by atoms with van der Waals surface area (Å²) in [6.45, 7) is 6.86. The zero-order valence-corrected chi connectivity index (χ0v) is 10.4. The molecule has 0 heteroatoms. The van der Waals surface area contributed by atoms with Gasteiger partial charge in [-0.05, 0) is 18.8 Å². The molecule has 0 N–H and O–H groups in total. The Morgan fingerprint density at radius 2 is 1.64 bits per heavy atom. The van der Waals surface area contributed by atoms with Crippen LogP contribution < -0.4 is 0 Å². The molecule has 0 spiro atoms. The first kappa shape index (κ1) is 13.7. The quantitative estimate of drug-likeness (QED) is 0.345. The molecule has 1 unspecified atom stereocenters. The lowest BCUT2D eigenvalue weighted by Crippen LogP contribution is -1.96. The molecule has 0 aliphatic carbocycles. The van der Waals surface area contributed by atoms with Crippen molar-refractivity contribution < 1.29 is 0 Å². The molecule has 0 nitrogen and oxygen atoms in total. The van der Waals surface area contributed by atoms with Crippen LogP contribution in [-0.4, -0.2) is 0 Å². The summed E-state index contributed by atoms with van der Waals surface area (Å²) in [6.07, 6.45) is 15.5. The van der Waals surface area contributed by atoms with Crippen LogP contribution in [0.15, 0.2) is 12.2 Å². The summed E-state index contributed by atoms with van der Waals surface area (Å²) in [7, 11) is 0. The summed E-state index contributed by atoms with van der Waals surface area (Å²) < 4.78 is 0. The van der Waals surface area contributed by atoms with Crippen molar-refractivity contribution in [2.24, 2.45) is 5.92 Å². The Morgan fingerprint density at radius 1 is 0.929 bits per heavy atom. The van der Waals surface area contributed by atoms with Gasteiger partial charge in [0.1, 0.15) is 0 Å². The van der Waals surface area contributed by atoms with E-state index in [4.69, 9.17) is 0 Å². The molecule has 1 atom stereocenters. The van der Waals surface area contributed by atoms with Crippen molar-refractivity contribution >= 4 is 0 Å². The normalized spacial score (nSPS) is 13.6. The maximum absolute atomic E-state index is 2.40. The molecule has 0 aliphatic heterocycles. The minimum atomic E-state index is 0.938. The number of hydrogen-bond donors (Lipinski definition) is 0. The molecule has 14 heavy (non-hydrogen) atoms. The lowest BCUT2D eigenvalue weighted by Gasteiger charge is -2.10. The van der Waals surface area contributed by atoms with Crippen molar-refractivity contribution in [1.29, 1.82) is 0 Å². The van der Waals surface area contributed by atoms with E-state index in [2.05, 4.69) is 32.9 Å². The first-order chi connectivity index (χ1) is 6.85. The monoisotopic (exact) mass is 196 g/mol. The lowest BCUT2D eigenvalue weighted by atomic mass is 9.95. The standard InChI is InChI=1S/C14H28/c1-4-7-9-10-11-13-14(6-3)12-8-5-2/h10-11,14H,4-9,12-13H2,1-3H3. The summed E-state index contributed by atoms with van der Waals surface area (Å²) in [6, 6.07) is 0. The van der Waals surface area contributed by atoms with Gasteiger partial charge in [-0.1, -0.05) is 71.4 Å². The Balaban J connectivity index is 3.45. The van der Waals surface area contributed by atoms with Crippen LogP contribution in [0.1, 0.15) is 72.1 Å². The molecular formula is C14H28. The van der Waals surface area contributed by atoms with Gasteiger partial charge in [-0.2, -0.15) is 0 Å². The lowest BCUT2D eigenvalue weighted by molar-refractivity contribution is 0.456. The molecule has 0 bridgehead atoms. The van der Waals surface area contributed by atoms with Crippen LogP contribution in [0.2, 0.25) is 0 Å². The van der Waals surface area contributed by atoms with Gasteiger partial charge in [0.05, 0.1) is 0 Å². The van der Waals surface area contributed by atoms with Crippen LogP contribution in [0.4, 0.5) is 0 Å². The van der Waals surface area contributed by atoms with Gasteiger partial charge in [0.15, 0.2) is 0 Å². The van der Waals surface area contributed by atoms with E-state index in [-0.39, 0.29) is 0 Å². The van der Waals surface area contributed by atoms with E-state index < -0.39 is 0 Å². The third kappa shape index (κ3) is 8.34. The molecule has 0 saturated carbocycles. The van der Waals surface area contributed by atoms with Gasteiger partial charge < -0.3 is 0 Å². The average Bonchev–Trinajstić information content (AvgIpc) is 2.22. The van der Waals surface area contributed by atoms with Crippen molar-refractivity contribution in [1.82, 2.24) is 0 Å². The second-order valence-electron chi connectivity index (χ2n) is 4.27. The maximum Gasteiger partial charge on any atom is -0.0322 e. The summed E-state index contributed by atoms with van der Waals surface area (Å²) in [5, 5.41) is 0. The molecule has 0 heterocycles. The van der Waals surface area contributed by atoms with Crippen LogP contribution in [0.3, 0.4) is 0 Å². The van der Waals surface area contributed by atoms with Crippen LogP contribution in [0, 0.1) is 5.92 Å². The van der Waals surface area contributed by atoms with Gasteiger partial charge in [-0.25, -0.2) is 0 Å².